The molecule has 1 nitrogen and oxygen atoms in total. The minimum atomic E-state index is -4.38. The average molecular weight is 292 g/mol. The summed E-state index contributed by atoms with van der Waals surface area (Å²) in [7, 11) is 0. The largest absolute Gasteiger partial charge is 0.416 e. The van der Waals surface area contributed by atoms with Gasteiger partial charge in [-0.1, -0.05) is 41.5 Å². The summed E-state index contributed by atoms with van der Waals surface area (Å²) in [4.78, 5) is 12.1. The van der Waals surface area contributed by atoms with Gasteiger partial charge in [0.25, 0.3) is 0 Å². The summed E-state index contributed by atoms with van der Waals surface area (Å²) >= 11 is 0. The van der Waals surface area contributed by atoms with Gasteiger partial charge in [0.15, 0.2) is 5.78 Å². The van der Waals surface area contributed by atoms with Crippen molar-refractivity contribution >= 4 is 5.78 Å². The lowest BCUT2D eigenvalue weighted by Crippen LogP contribution is -2.07. The van der Waals surface area contributed by atoms with E-state index in [1.165, 1.54) is 12.1 Å². The fraction of sp³-hybridized carbons (Fsp3) is 0.235. The Hall–Kier alpha value is -2.10. The third-order valence-electron chi connectivity index (χ3n) is 3.18. The molecule has 0 aromatic heterocycles. The molecular weight excluding hydrogens is 277 g/mol. The molecule has 0 bridgehead atoms. The Morgan fingerprint density at radius 3 is 1.95 bits per heavy atom. The summed E-state index contributed by atoms with van der Waals surface area (Å²) < 4.78 is 37.4. The van der Waals surface area contributed by atoms with Gasteiger partial charge in [0.2, 0.25) is 0 Å². The molecule has 0 aliphatic heterocycles. The molecule has 2 aromatic carbocycles. The van der Waals surface area contributed by atoms with E-state index in [0.717, 1.165) is 28.8 Å². The van der Waals surface area contributed by atoms with E-state index < -0.39 is 11.7 Å². The Bertz CT molecular complexity index is 634. The number of benzene rings is 2. The van der Waals surface area contributed by atoms with E-state index in [0.29, 0.717) is 5.56 Å². The zero-order valence-electron chi connectivity index (χ0n) is 11.8. The molecule has 0 saturated heterocycles. The number of hydrogen-bond acceptors (Lipinski definition) is 1. The first kappa shape index (κ1) is 15.3. The van der Waals surface area contributed by atoms with Gasteiger partial charge < -0.3 is 0 Å². The number of carbonyl (C=O) groups excluding carboxylic acids is 1. The molecule has 0 radical (unpaired) electrons. The van der Waals surface area contributed by atoms with Gasteiger partial charge in [-0.25, -0.2) is 0 Å². The highest BCUT2D eigenvalue weighted by Gasteiger charge is 2.30. The van der Waals surface area contributed by atoms with Gasteiger partial charge in [0.1, 0.15) is 0 Å². The number of aryl methyl sites for hydroxylation is 2. The Morgan fingerprint density at radius 1 is 0.952 bits per heavy atom. The Labute approximate surface area is 121 Å². The summed E-state index contributed by atoms with van der Waals surface area (Å²) in [6, 6.07) is 10.2. The predicted octanol–water partition coefficient (Wildman–Crippen LogP) is 4.75. The lowest BCUT2D eigenvalue weighted by Gasteiger charge is -2.08. The zero-order valence-corrected chi connectivity index (χ0v) is 11.8. The Balaban J connectivity index is 2.17. The van der Waals surface area contributed by atoms with E-state index >= 15 is 0 Å². The van der Waals surface area contributed by atoms with Crippen LogP contribution in [0.3, 0.4) is 0 Å². The van der Waals surface area contributed by atoms with Crippen LogP contribution in [0.2, 0.25) is 0 Å². The standard InChI is InChI=1S/C17H15F3O/c1-11-7-12(2)9-13(8-11)10-16(21)14-3-5-15(6-4-14)17(18,19)20/h3-9H,10H2,1-2H3. The minimum Gasteiger partial charge on any atom is -0.294 e. The summed E-state index contributed by atoms with van der Waals surface area (Å²) in [6.45, 7) is 3.89. The van der Waals surface area contributed by atoms with Crippen molar-refractivity contribution in [3.8, 4) is 0 Å². The van der Waals surface area contributed by atoms with Gasteiger partial charge in [-0.05, 0) is 31.5 Å². The first-order valence-corrected chi connectivity index (χ1v) is 6.53. The third-order valence-corrected chi connectivity index (χ3v) is 3.18. The van der Waals surface area contributed by atoms with Crippen molar-refractivity contribution in [3.05, 3.63) is 70.3 Å². The summed E-state index contributed by atoms with van der Waals surface area (Å²) in [5.74, 6) is -0.186. The molecule has 21 heavy (non-hydrogen) atoms. The molecule has 0 aliphatic carbocycles. The second-order valence-corrected chi connectivity index (χ2v) is 5.17. The van der Waals surface area contributed by atoms with E-state index in [1.807, 2.05) is 32.0 Å². The second-order valence-electron chi connectivity index (χ2n) is 5.17. The third kappa shape index (κ3) is 3.94. The van der Waals surface area contributed by atoms with Crippen LogP contribution < -0.4 is 0 Å². The molecule has 110 valence electrons. The van der Waals surface area contributed by atoms with E-state index in [9.17, 15) is 18.0 Å². The first-order chi connectivity index (χ1) is 9.75. The van der Waals surface area contributed by atoms with Crippen LogP contribution in [0.15, 0.2) is 42.5 Å². The number of rotatable bonds is 3. The van der Waals surface area contributed by atoms with Crippen molar-refractivity contribution in [2.75, 3.05) is 0 Å². The van der Waals surface area contributed by atoms with Crippen LogP contribution in [-0.2, 0) is 12.6 Å². The molecule has 0 fully saturated rings. The van der Waals surface area contributed by atoms with Crippen LogP contribution in [0.25, 0.3) is 0 Å². The zero-order chi connectivity index (χ0) is 15.6. The van der Waals surface area contributed by atoms with E-state index in [-0.39, 0.29) is 12.2 Å². The second kappa shape index (κ2) is 5.72. The van der Waals surface area contributed by atoms with Gasteiger partial charge in [-0.15, -0.1) is 0 Å². The predicted molar refractivity (Wildman–Crippen MR) is 75.4 cm³/mol. The molecule has 0 aliphatic rings. The molecule has 0 amide bonds. The highest BCUT2D eigenvalue weighted by atomic mass is 19.4. The van der Waals surface area contributed by atoms with Crippen molar-refractivity contribution < 1.29 is 18.0 Å². The monoisotopic (exact) mass is 292 g/mol. The lowest BCUT2D eigenvalue weighted by atomic mass is 9.99. The number of halogens is 3. The molecule has 4 heteroatoms. The number of ketones is 1. The summed E-state index contributed by atoms with van der Waals surface area (Å²) in [5, 5.41) is 0. The fourth-order valence-electron chi connectivity index (χ4n) is 2.30. The number of Topliss-reactive ketones (excluding diaryl/α,β-unsaturated/α-hetero) is 1. The normalized spacial score (nSPS) is 11.5. The molecule has 0 N–H and O–H groups in total. The minimum absolute atomic E-state index is 0.186. The first-order valence-electron chi connectivity index (χ1n) is 6.53. The molecule has 2 rings (SSSR count). The van der Waals surface area contributed by atoms with Gasteiger partial charge in [0, 0.05) is 12.0 Å². The number of carbonyl (C=O) groups is 1. The Kier molecular flexibility index (Phi) is 4.16. The number of alkyl halides is 3. The summed E-state index contributed by atoms with van der Waals surface area (Å²) in [5.41, 5.74) is 2.54. The fourth-order valence-corrected chi connectivity index (χ4v) is 2.30. The van der Waals surface area contributed by atoms with Crippen molar-refractivity contribution in [2.45, 2.75) is 26.4 Å². The van der Waals surface area contributed by atoms with Crippen molar-refractivity contribution in [1.82, 2.24) is 0 Å². The van der Waals surface area contributed by atoms with Crippen LogP contribution in [0, 0.1) is 13.8 Å². The molecule has 0 unspecified atom stereocenters. The molecule has 0 spiro atoms. The summed E-state index contributed by atoms with van der Waals surface area (Å²) in [6.07, 6.45) is -4.19. The van der Waals surface area contributed by atoms with E-state index in [1.54, 1.807) is 0 Å². The van der Waals surface area contributed by atoms with E-state index in [4.69, 9.17) is 0 Å². The van der Waals surface area contributed by atoms with Gasteiger partial charge >= 0.3 is 6.18 Å². The highest BCUT2D eigenvalue weighted by Crippen LogP contribution is 2.29. The maximum absolute atomic E-state index is 12.5. The lowest BCUT2D eigenvalue weighted by molar-refractivity contribution is -0.137. The van der Waals surface area contributed by atoms with Gasteiger partial charge in [0.05, 0.1) is 5.56 Å². The van der Waals surface area contributed by atoms with Gasteiger partial charge in [-0.2, -0.15) is 13.2 Å². The van der Waals surface area contributed by atoms with Crippen LogP contribution in [-0.4, -0.2) is 5.78 Å². The van der Waals surface area contributed by atoms with Crippen LogP contribution in [0.1, 0.15) is 32.6 Å². The van der Waals surface area contributed by atoms with Crippen molar-refractivity contribution in [3.63, 3.8) is 0 Å². The van der Waals surface area contributed by atoms with Crippen LogP contribution in [0.4, 0.5) is 13.2 Å². The van der Waals surface area contributed by atoms with Crippen molar-refractivity contribution in [2.24, 2.45) is 0 Å². The number of hydrogen-bond donors (Lipinski definition) is 0. The van der Waals surface area contributed by atoms with Gasteiger partial charge in [-0.3, -0.25) is 4.79 Å². The smallest absolute Gasteiger partial charge is 0.294 e. The van der Waals surface area contributed by atoms with Crippen molar-refractivity contribution in [1.29, 1.82) is 0 Å². The Morgan fingerprint density at radius 2 is 1.48 bits per heavy atom. The SMILES string of the molecule is Cc1cc(C)cc(CC(=O)c2ccc(C(F)(F)F)cc2)c1. The molecule has 0 saturated carbocycles. The topological polar surface area (TPSA) is 17.1 Å². The molecule has 0 heterocycles. The maximum atomic E-state index is 12.5. The molecule has 2 aromatic rings. The molecule has 0 atom stereocenters. The van der Waals surface area contributed by atoms with E-state index in [2.05, 4.69) is 0 Å². The molecular formula is C17H15F3O. The van der Waals surface area contributed by atoms with Crippen LogP contribution >= 0.6 is 0 Å². The average Bonchev–Trinajstić information content (AvgIpc) is 2.36. The maximum Gasteiger partial charge on any atom is 0.416 e. The quantitative estimate of drug-likeness (QED) is 0.746. The van der Waals surface area contributed by atoms with Crippen LogP contribution in [0.5, 0.6) is 0 Å². The highest BCUT2D eigenvalue weighted by molar-refractivity contribution is 5.97.